The molecular formula is C11H14ClNO2S. The van der Waals surface area contributed by atoms with Crippen molar-refractivity contribution in [3.63, 3.8) is 0 Å². The Labute approximate surface area is 105 Å². The molecule has 0 aliphatic carbocycles. The number of aryl methyl sites for hydroxylation is 1. The van der Waals surface area contributed by atoms with Gasteiger partial charge in [0.05, 0.1) is 0 Å². The summed E-state index contributed by atoms with van der Waals surface area (Å²) in [7, 11) is 1.67. The molecule has 0 saturated carbocycles. The van der Waals surface area contributed by atoms with Crippen molar-refractivity contribution >= 4 is 30.1 Å². The van der Waals surface area contributed by atoms with Gasteiger partial charge in [0.2, 0.25) is 0 Å². The lowest BCUT2D eigenvalue weighted by molar-refractivity contribution is -0.139. The number of carboxylic acid groups (broad SMARTS) is 1. The summed E-state index contributed by atoms with van der Waals surface area (Å²) < 4.78 is 0. The van der Waals surface area contributed by atoms with E-state index in [1.54, 1.807) is 7.05 Å². The van der Waals surface area contributed by atoms with Crippen molar-refractivity contribution in [2.24, 2.45) is 0 Å². The average Bonchev–Trinajstić information content (AvgIpc) is 2.65. The zero-order valence-electron chi connectivity index (χ0n) is 8.90. The molecule has 0 spiro atoms. The Bertz CT molecular complexity index is 398. The fraction of sp³-hybridized carbons (Fsp3) is 0.364. The highest BCUT2D eigenvalue weighted by Crippen LogP contribution is 2.32. The molecule has 0 amide bonds. The van der Waals surface area contributed by atoms with Gasteiger partial charge in [-0.3, -0.25) is 4.79 Å². The summed E-state index contributed by atoms with van der Waals surface area (Å²) >= 11 is 1.84. The first kappa shape index (κ1) is 13.4. The van der Waals surface area contributed by atoms with Crippen LogP contribution in [0.1, 0.15) is 17.2 Å². The third kappa shape index (κ3) is 2.51. The second-order valence-electron chi connectivity index (χ2n) is 3.53. The number of nitrogens with one attached hydrogen (secondary N) is 1. The van der Waals surface area contributed by atoms with Crippen LogP contribution in [0.4, 0.5) is 0 Å². The summed E-state index contributed by atoms with van der Waals surface area (Å²) in [4.78, 5) is 12.3. The van der Waals surface area contributed by atoms with E-state index in [2.05, 4.69) is 5.32 Å². The van der Waals surface area contributed by atoms with Crippen molar-refractivity contribution < 1.29 is 9.90 Å². The maximum absolute atomic E-state index is 11.0. The van der Waals surface area contributed by atoms with Crippen LogP contribution < -0.4 is 5.32 Å². The van der Waals surface area contributed by atoms with Crippen LogP contribution >= 0.6 is 24.2 Å². The standard InChI is InChI=1S/C11H13NO2S.ClH/c1-12-10(11(13)14)8-2-3-9-7(6-8)4-5-15-9;/h2-3,6,10,12H,4-5H2,1H3,(H,13,14);1H/t10-;/m0./s1. The lowest BCUT2D eigenvalue weighted by atomic mass is 10.0. The molecule has 3 nitrogen and oxygen atoms in total. The molecule has 2 N–H and O–H groups in total. The maximum atomic E-state index is 11.0. The second kappa shape index (κ2) is 5.57. The fourth-order valence-electron chi connectivity index (χ4n) is 1.82. The van der Waals surface area contributed by atoms with Gasteiger partial charge in [0.15, 0.2) is 0 Å². The molecule has 0 saturated heterocycles. The molecule has 1 aromatic carbocycles. The monoisotopic (exact) mass is 259 g/mol. The van der Waals surface area contributed by atoms with Gasteiger partial charge in [-0.15, -0.1) is 24.2 Å². The van der Waals surface area contributed by atoms with Gasteiger partial charge in [-0.1, -0.05) is 12.1 Å². The molecule has 5 heteroatoms. The lowest BCUT2D eigenvalue weighted by Gasteiger charge is -2.12. The smallest absolute Gasteiger partial charge is 0.325 e. The molecule has 0 aromatic heterocycles. The number of fused-ring (bicyclic) bond motifs is 1. The third-order valence-electron chi connectivity index (χ3n) is 2.58. The normalized spacial score (nSPS) is 15.1. The van der Waals surface area contributed by atoms with Crippen molar-refractivity contribution in [2.75, 3.05) is 12.8 Å². The highest BCUT2D eigenvalue weighted by atomic mass is 35.5. The summed E-state index contributed by atoms with van der Waals surface area (Å²) in [5.74, 6) is 0.277. The summed E-state index contributed by atoms with van der Waals surface area (Å²) in [5, 5.41) is 11.8. The molecule has 16 heavy (non-hydrogen) atoms. The van der Waals surface area contributed by atoms with E-state index >= 15 is 0 Å². The van der Waals surface area contributed by atoms with Crippen molar-refractivity contribution in [1.82, 2.24) is 5.32 Å². The number of benzene rings is 1. The minimum Gasteiger partial charge on any atom is -0.480 e. The number of carbonyl (C=O) groups is 1. The van der Waals surface area contributed by atoms with E-state index in [1.807, 2.05) is 30.0 Å². The molecular weight excluding hydrogens is 246 g/mol. The van der Waals surface area contributed by atoms with Gasteiger partial charge in [0, 0.05) is 10.6 Å². The van der Waals surface area contributed by atoms with E-state index in [9.17, 15) is 4.79 Å². The van der Waals surface area contributed by atoms with Crippen molar-refractivity contribution in [3.8, 4) is 0 Å². The summed E-state index contributed by atoms with van der Waals surface area (Å²) in [6.45, 7) is 0. The van der Waals surface area contributed by atoms with Crippen LogP contribution in [-0.2, 0) is 11.2 Å². The minimum atomic E-state index is -0.830. The number of likely N-dealkylation sites (N-methyl/N-ethyl adjacent to an activating group) is 1. The van der Waals surface area contributed by atoms with Crippen LogP contribution in [0.25, 0.3) is 0 Å². The first-order valence-corrected chi connectivity index (χ1v) is 5.86. The number of thioether (sulfide) groups is 1. The molecule has 0 unspecified atom stereocenters. The molecule has 1 heterocycles. The largest absolute Gasteiger partial charge is 0.480 e. The lowest BCUT2D eigenvalue weighted by Crippen LogP contribution is -2.24. The number of hydrogen-bond donors (Lipinski definition) is 2. The Kier molecular flexibility index (Phi) is 4.65. The van der Waals surface area contributed by atoms with Gasteiger partial charge in [-0.2, -0.15) is 0 Å². The van der Waals surface area contributed by atoms with Crippen LogP contribution in [0.3, 0.4) is 0 Å². The predicted molar refractivity (Wildman–Crippen MR) is 67.6 cm³/mol. The molecule has 0 radical (unpaired) electrons. The number of halogens is 1. The first-order valence-electron chi connectivity index (χ1n) is 4.88. The quantitative estimate of drug-likeness (QED) is 0.873. The maximum Gasteiger partial charge on any atom is 0.325 e. The molecule has 1 aromatic rings. The van der Waals surface area contributed by atoms with Crippen LogP contribution in [0.2, 0.25) is 0 Å². The van der Waals surface area contributed by atoms with E-state index in [0.717, 1.165) is 17.7 Å². The molecule has 0 bridgehead atoms. The Morgan fingerprint density at radius 1 is 1.56 bits per heavy atom. The highest BCUT2D eigenvalue weighted by molar-refractivity contribution is 7.99. The first-order chi connectivity index (χ1) is 7.22. The molecule has 1 aliphatic rings. The second-order valence-corrected chi connectivity index (χ2v) is 4.66. The Balaban J connectivity index is 0.00000128. The van der Waals surface area contributed by atoms with Crippen LogP contribution in [0, 0.1) is 0 Å². The molecule has 1 atom stereocenters. The minimum absolute atomic E-state index is 0. The number of rotatable bonds is 3. The SMILES string of the molecule is CN[C@H](C(=O)O)c1ccc2c(c1)CCS2.Cl. The molecule has 0 fully saturated rings. The zero-order valence-corrected chi connectivity index (χ0v) is 10.5. The topological polar surface area (TPSA) is 49.3 Å². The zero-order chi connectivity index (χ0) is 10.8. The third-order valence-corrected chi connectivity index (χ3v) is 3.70. The molecule has 88 valence electrons. The van der Waals surface area contributed by atoms with Crippen molar-refractivity contribution in [3.05, 3.63) is 29.3 Å². The Hall–Kier alpha value is -0.710. The van der Waals surface area contributed by atoms with Gasteiger partial charge < -0.3 is 10.4 Å². The Morgan fingerprint density at radius 2 is 2.31 bits per heavy atom. The summed E-state index contributed by atoms with van der Waals surface area (Å²) in [6, 6.07) is 5.33. The highest BCUT2D eigenvalue weighted by Gasteiger charge is 2.20. The predicted octanol–water partition coefficient (Wildman–Crippen LogP) is 2.10. The average molecular weight is 260 g/mol. The summed E-state index contributed by atoms with van der Waals surface area (Å²) in [6.07, 6.45) is 1.05. The van der Waals surface area contributed by atoms with E-state index in [-0.39, 0.29) is 12.4 Å². The molecule has 2 rings (SSSR count). The van der Waals surface area contributed by atoms with E-state index in [1.165, 1.54) is 10.5 Å². The van der Waals surface area contributed by atoms with Gasteiger partial charge in [-0.25, -0.2) is 0 Å². The van der Waals surface area contributed by atoms with Crippen molar-refractivity contribution in [2.45, 2.75) is 17.4 Å². The van der Waals surface area contributed by atoms with Crippen LogP contribution in [-0.4, -0.2) is 23.9 Å². The van der Waals surface area contributed by atoms with E-state index in [0.29, 0.717) is 0 Å². The van der Waals surface area contributed by atoms with E-state index < -0.39 is 12.0 Å². The van der Waals surface area contributed by atoms with Crippen LogP contribution in [0.15, 0.2) is 23.1 Å². The molecule has 1 aliphatic heterocycles. The fourth-order valence-corrected chi connectivity index (χ4v) is 2.87. The Morgan fingerprint density at radius 3 is 2.94 bits per heavy atom. The van der Waals surface area contributed by atoms with Gasteiger partial charge in [0.25, 0.3) is 0 Å². The number of aliphatic carboxylic acids is 1. The van der Waals surface area contributed by atoms with Gasteiger partial charge >= 0.3 is 5.97 Å². The van der Waals surface area contributed by atoms with Crippen LogP contribution in [0.5, 0.6) is 0 Å². The van der Waals surface area contributed by atoms with Gasteiger partial charge in [0.1, 0.15) is 6.04 Å². The van der Waals surface area contributed by atoms with Crippen molar-refractivity contribution in [1.29, 1.82) is 0 Å². The summed E-state index contributed by atoms with van der Waals surface area (Å²) in [5.41, 5.74) is 2.12. The van der Waals surface area contributed by atoms with E-state index in [4.69, 9.17) is 5.11 Å². The number of hydrogen-bond acceptors (Lipinski definition) is 3. The van der Waals surface area contributed by atoms with Gasteiger partial charge in [-0.05, 0) is 30.7 Å². The number of carboxylic acids is 1.